The molecule has 0 saturated carbocycles. The van der Waals surface area contributed by atoms with Crippen LogP contribution in [0.3, 0.4) is 0 Å². The number of rotatable bonds is 4. The van der Waals surface area contributed by atoms with Gasteiger partial charge in [-0.15, -0.1) is 0 Å². The summed E-state index contributed by atoms with van der Waals surface area (Å²) >= 11 is 3.23. The maximum Gasteiger partial charge on any atom is 0.321 e. The minimum atomic E-state index is -0.307. The third-order valence-corrected chi connectivity index (χ3v) is 2.80. The largest absolute Gasteiger partial charge is 0.337 e. The van der Waals surface area contributed by atoms with Crippen molar-refractivity contribution in [3.8, 4) is 0 Å². The van der Waals surface area contributed by atoms with Gasteiger partial charge in [0.25, 0.3) is 0 Å². The predicted octanol–water partition coefficient (Wildman–Crippen LogP) is 2.60. The van der Waals surface area contributed by atoms with E-state index in [0.717, 1.165) is 10.9 Å². The second-order valence-corrected chi connectivity index (χ2v) is 4.76. The van der Waals surface area contributed by atoms with E-state index in [2.05, 4.69) is 36.5 Å². The van der Waals surface area contributed by atoms with Gasteiger partial charge in [-0.25, -0.2) is 14.8 Å². The van der Waals surface area contributed by atoms with E-state index in [1.54, 1.807) is 12.4 Å². The molecule has 1 aromatic carbocycles. The molecule has 1 heterocycles. The van der Waals surface area contributed by atoms with Gasteiger partial charge >= 0.3 is 6.03 Å². The molecule has 0 aliphatic rings. The molecule has 0 atom stereocenters. The van der Waals surface area contributed by atoms with Crippen LogP contribution in [0.1, 0.15) is 5.56 Å². The Morgan fingerprint density at radius 1 is 1.16 bits per heavy atom. The van der Waals surface area contributed by atoms with Crippen LogP contribution in [-0.2, 0) is 6.42 Å². The molecule has 0 aliphatic heterocycles. The Kier molecular flexibility index (Phi) is 4.85. The number of hydrogen-bond donors (Lipinski definition) is 2. The van der Waals surface area contributed by atoms with E-state index in [4.69, 9.17) is 0 Å². The van der Waals surface area contributed by atoms with Crippen molar-refractivity contribution in [3.63, 3.8) is 0 Å². The highest BCUT2D eigenvalue weighted by molar-refractivity contribution is 9.10. The molecule has 6 heteroatoms. The molecular weight excluding hydrogens is 308 g/mol. The average molecular weight is 321 g/mol. The maximum absolute atomic E-state index is 11.6. The van der Waals surface area contributed by atoms with Crippen molar-refractivity contribution in [2.24, 2.45) is 0 Å². The lowest BCUT2D eigenvalue weighted by molar-refractivity contribution is 0.252. The zero-order valence-corrected chi connectivity index (χ0v) is 11.7. The number of benzene rings is 1. The number of amides is 2. The molecule has 0 saturated heterocycles. The minimum Gasteiger partial charge on any atom is -0.337 e. The highest BCUT2D eigenvalue weighted by Crippen LogP contribution is 2.06. The van der Waals surface area contributed by atoms with Gasteiger partial charge in [0.1, 0.15) is 0 Å². The third kappa shape index (κ3) is 4.67. The van der Waals surface area contributed by atoms with Crippen LogP contribution in [0.15, 0.2) is 47.2 Å². The zero-order chi connectivity index (χ0) is 13.5. The van der Waals surface area contributed by atoms with E-state index >= 15 is 0 Å². The number of urea groups is 1. The lowest BCUT2D eigenvalue weighted by Gasteiger charge is -2.06. The van der Waals surface area contributed by atoms with Gasteiger partial charge in [-0.2, -0.15) is 0 Å². The third-order valence-electron chi connectivity index (χ3n) is 2.39. The summed E-state index contributed by atoms with van der Waals surface area (Å²) in [5.74, 6) is 0.278. The molecule has 98 valence electrons. The molecule has 0 fully saturated rings. The first-order valence-electron chi connectivity index (χ1n) is 5.80. The zero-order valence-electron chi connectivity index (χ0n) is 10.1. The van der Waals surface area contributed by atoms with Gasteiger partial charge < -0.3 is 5.32 Å². The van der Waals surface area contributed by atoms with Crippen molar-refractivity contribution in [1.82, 2.24) is 15.3 Å². The van der Waals surface area contributed by atoms with Crippen LogP contribution in [-0.4, -0.2) is 22.5 Å². The van der Waals surface area contributed by atoms with Crippen LogP contribution in [0.2, 0.25) is 0 Å². The van der Waals surface area contributed by atoms with Crippen molar-refractivity contribution in [1.29, 1.82) is 0 Å². The van der Waals surface area contributed by atoms with E-state index in [9.17, 15) is 4.79 Å². The normalized spacial score (nSPS) is 9.95. The molecule has 0 aliphatic carbocycles. The molecule has 0 radical (unpaired) electrons. The predicted molar refractivity (Wildman–Crippen MR) is 76.9 cm³/mol. The van der Waals surface area contributed by atoms with Gasteiger partial charge in [0.15, 0.2) is 0 Å². The summed E-state index contributed by atoms with van der Waals surface area (Å²) in [4.78, 5) is 19.5. The molecule has 1 aromatic heterocycles. The molecule has 5 nitrogen and oxygen atoms in total. The summed E-state index contributed by atoms with van der Waals surface area (Å²) in [6.45, 7) is 0.562. The molecular formula is C13H13BrN4O. The van der Waals surface area contributed by atoms with Crippen LogP contribution >= 0.6 is 15.9 Å². The summed E-state index contributed by atoms with van der Waals surface area (Å²) < 4.78 is 0.766. The Hall–Kier alpha value is -1.95. The summed E-state index contributed by atoms with van der Waals surface area (Å²) in [6, 6.07) is 9.66. The molecule has 2 amide bonds. The fraction of sp³-hybridized carbons (Fsp3) is 0.154. The van der Waals surface area contributed by atoms with Gasteiger partial charge in [0.2, 0.25) is 5.95 Å². The lowest BCUT2D eigenvalue weighted by atomic mass is 10.1. The Balaban J connectivity index is 1.74. The number of nitrogens with zero attached hydrogens (tertiary/aromatic N) is 2. The van der Waals surface area contributed by atoms with Crippen molar-refractivity contribution in [3.05, 3.63) is 52.8 Å². The summed E-state index contributed by atoms with van der Waals surface area (Å²) in [6.07, 6.45) is 3.94. The van der Waals surface area contributed by atoms with Gasteiger partial charge in [0, 0.05) is 18.9 Å². The van der Waals surface area contributed by atoms with E-state index in [1.807, 2.05) is 30.3 Å². The van der Waals surface area contributed by atoms with Crippen molar-refractivity contribution >= 4 is 27.9 Å². The van der Waals surface area contributed by atoms with Crippen LogP contribution in [0.25, 0.3) is 0 Å². The van der Waals surface area contributed by atoms with Crippen molar-refractivity contribution in [2.45, 2.75) is 6.42 Å². The van der Waals surface area contributed by atoms with Crippen molar-refractivity contribution < 1.29 is 4.79 Å². The molecule has 0 unspecified atom stereocenters. The highest BCUT2D eigenvalue weighted by Gasteiger charge is 2.03. The van der Waals surface area contributed by atoms with Crippen LogP contribution in [0, 0.1) is 0 Å². The number of halogens is 1. The topological polar surface area (TPSA) is 66.9 Å². The number of nitrogens with one attached hydrogen (secondary N) is 2. The Morgan fingerprint density at radius 3 is 2.53 bits per heavy atom. The Bertz CT molecular complexity index is 530. The monoisotopic (exact) mass is 320 g/mol. The summed E-state index contributed by atoms with van der Waals surface area (Å²) in [5.41, 5.74) is 1.18. The second-order valence-electron chi connectivity index (χ2n) is 3.84. The van der Waals surface area contributed by atoms with Gasteiger partial charge in [0.05, 0.1) is 4.47 Å². The van der Waals surface area contributed by atoms with E-state index in [1.165, 1.54) is 5.56 Å². The van der Waals surface area contributed by atoms with E-state index < -0.39 is 0 Å². The number of aromatic nitrogens is 2. The quantitative estimate of drug-likeness (QED) is 0.910. The van der Waals surface area contributed by atoms with Crippen LogP contribution < -0.4 is 10.6 Å². The Labute approximate surface area is 119 Å². The van der Waals surface area contributed by atoms with Crippen molar-refractivity contribution in [2.75, 3.05) is 11.9 Å². The Morgan fingerprint density at radius 2 is 1.84 bits per heavy atom. The molecule has 2 rings (SSSR count). The van der Waals surface area contributed by atoms with Gasteiger partial charge in [-0.1, -0.05) is 30.3 Å². The molecule has 0 spiro atoms. The maximum atomic E-state index is 11.6. The number of anilines is 1. The fourth-order valence-corrected chi connectivity index (χ4v) is 1.69. The average Bonchev–Trinajstić information content (AvgIpc) is 2.43. The molecule has 0 bridgehead atoms. The van der Waals surface area contributed by atoms with E-state index in [0.29, 0.717) is 6.54 Å². The first kappa shape index (κ1) is 13.5. The second kappa shape index (κ2) is 6.84. The fourth-order valence-electron chi connectivity index (χ4n) is 1.49. The highest BCUT2D eigenvalue weighted by atomic mass is 79.9. The molecule has 2 N–H and O–H groups in total. The van der Waals surface area contributed by atoms with Gasteiger partial charge in [-0.3, -0.25) is 5.32 Å². The minimum absolute atomic E-state index is 0.278. The first-order chi connectivity index (χ1) is 9.24. The van der Waals surface area contributed by atoms with Crippen LogP contribution in [0.4, 0.5) is 10.7 Å². The number of hydrogen-bond acceptors (Lipinski definition) is 3. The molecule has 2 aromatic rings. The first-order valence-corrected chi connectivity index (χ1v) is 6.59. The number of carbonyl (C=O) groups excluding carboxylic acids is 1. The summed E-state index contributed by atoms with van der Waals surface area (Å²) in [7, 11) is 0. The van der Waals surface area contributed by atoms with Crippen LogP contribution in [0.5, 0.6) is 0 Å². The molecule has 19 heavy (non-hydrogen) atoms. The van der Waals surface area contributed by atoms with Gasteiger partial charge in [-0.05, 0) is 27.9 Å². The summed E-state index contributed by atoms with van der Waals surface area (Å²) in [5, 5.41) is 5.31. The standard InChI is InChI=1S/C13H13BrN4O/c14-11-8-16-12(17-9-11)18-13(19)15-7-6-10-4-2-1-3-5-10/h1-5,8-9H,6-7H2,(H2,15,16,17,18,19). The lowest BCUT2D eigenvalue weighted by Crippen LogP contribution is -2.31. The number of carbonyl (C=O) groups is 1. The van der Waals surface area contributed by atoms with E-state index in [-0.39, 0.29) is 12.0 Å². The smallest absolute Gasteiger partial charge is 0.321 e. The SMILES string of the molecule is O=C(NCCc1ccccc1)Nc1ncc(Br)cn1.